The minimum Gasteiger partial charge on any atom is -0.477 e. The molecule has 1 N–H and O–H groups in total. The van der Waals surface area contributed by atoms with E-state index in [9.17, 15) is 9.90 Å². The molecule has 0 radical (unpaired) electrons. The van der Waals surface area contributed by atoms with Crippen LogP contribution in [0.25, 0.3) is 28.2 Å². The Kier molecular flexibility index (Phi) is 6.87. The molecule has 34 heavy (non-hydrogen) atoms. The van der Waals surface area contributed by atoms with Gasteiger partial charge in [-0.2, -0.15) is 5.26 Å². The summed E-state index contributed by atoms with van der Waals surface area (Å²) >= 11 is 1.51. The third-order valence-electron chi connectivity index (χ3n) is 5.76. The van der Waals surface area contributed by atoms with Gasteiger partial charge in [0.15, 0.2) is 0 Å². The molecule has 0 aliphatic heterocycles. The number of carbonyl (C=O) groups is 1. The second kappa shape index (κ2) is 10.2. The second-order valence-corrected chi connectivity index (χ2v) is 8.98. The number of carboxylic acids is 1. The predicted molar refractivity (Wildman–Crippen MR) is 140 cm³/mol. The van der Waals surface area contributed by atoms with Gasteiger partial charge in [-0.05, 0) is 65.0 Å². The molecule has 0 atom stereocenters. The highest BCUT2D eigenvalue weighted by Gasteiger charge is 2.15. The first-order valence-corrected chi connectivity index (χ1v) is 11.7. The van der Waals surface area contributed by atoms with Crippen molar-refractivity contribution < 1.29 is 9.90 Å². The number of hydrogen-bond donors (Lipinski definition) is 1. The number of nitrogens with zero attached hydrogens (tertiary/aromatic N) is 1. The van der Waals surface area contributed by atoms with E-state index < -0.39 is 5.97 Å². The number of thiophene rings is 1. The van der Waals surface area contributed by atoms with Crippen molar-refractivity contribution in [2.45, 2.75) is 13.8 Å². The lowest BCUT2D eigenvalue weighted by atomic mass is 9.95. The van der Waals surface area contributed by atoms with Gasteiger partial charge in [-0.3, -0.25) is 0 Å². The highest BCUT2D eigenvalue weighted by Crippen LogP contribution is 2.37. The first kappa shape index (κ1) is 23.0. The van der Waals surface area contributed by atoms with Crippen LogP contribution < -0.4 is 0 Å². The summed E-state index contributed by atoms with van der Waals surface area (Å²) in [5.41, 5.74) is 7.46. The van der Waals surface area contributed by atoms with Gasteiger partial charge in [0.25, 0.3) is 0 Å². The largest absolute Gasteiger partial charge is 0.477 e. The minimum absolute atomic E-state index is 0.259. The van der Waals surface area contributed by atoms with Gasteiger partial charge in [-0.25, -0.2) is 4.79 Å². The highest BCUT2D eigenvalue weighted by molar-refractivity contribution is 7.16. The van der Waals surface area contributed by atoms with Crippen molar-refractivity contribution in [3.8, 4) is 16.5 Å². The van der Waals surface area contributed by atoms with Crippen molar-refractivity contribution in [1.29, 1.82) is 5.26 Å². The number of nitriles is 1. The molecule has 1 aromatic heterocycles. The van der Waals surface area contributed by atoms with E-state index >= 15 is 0 Å². The summed E-state index contributed by atoms with van der Waals surface area (Å²) in [6, 6.07) is 30.8. The molecule has 0 aliphatic rings. The van der Waals surface area contributed by atoms with E-state index in [2.05, 4.69) is 54.6 Å². The van der Waals surface area contributed by atoms with Crippen molar-refractivity contribution in [1.82, 2.24) is 0 Å². The smallest absolute Gasteiger partial charge is 0.346 e. The van der Waals surface area contributed by atoms with E-state index in [-0.39, 0.29) is 5.57 Å². The Hall–Kier alpha value is -4.20. The summed E-state index contributed by atoms with van der Waals surface area (Å²) in [5.74, 6) is -1.21. The fraction of sp³-hybridized carbons (Fsp3) is 0.0667. The Morgan fingerprint density at radius 3 is 1.88 bits per heavy atom. The van der Waals surface area contributed by atoms with Crippen LogP contribution in [0.15, 0.2) is 90.5 Å². The molecular weight excluding hydrogens is 438 g/mol. The summed E-state index contributed by atoms with van der Waals surface area (Å²) in [4.78, 5) is 13.1. The summed E-state index contributed by atoms with van der Waals surface area (Å²) < 4.78 is 0. The van der Waals surface area contributed by atoms with E-state index in [1.54, 1.807) is 6.07 Å². The molecule has 0 fully saturated rings. The van der Waals surface area contributed by atoms with E-state index in [0.29, 0.717) is 0 Å². The SMILES string of the molecule is Cc1c(/C=C(/C#N)C(=O)O)sc(-c2ccc(C=C(c3ccccc3)c3ccccc3)cc2)c1C. The maximum absolute atomic E-state index is 11.2. The maximum Gasteiger partial charge on any atom is 0.346 e. The zero-order valence-corrected chi connectivity index (χ0v) is 19.8. The fourth-order valence-electron chi connectivity index (χ4n) is 3.77. The Bertz CT molecular complexity index is 1380. The number of carboxylic acid groups (broad SMARTS) is 1. The lowest BCUT2D eigenvalue weighted by molar-refractivity contribution is -0.132. The zero-order chi connectivity index (χ0) is 24.1. The van der Waals surface area contributed by atoms with E-state index in [1.165, 1.54) is 17.4 Å². The van der Waals surface area contributed by atoms with Crippen molar-refractivity contribution in [3.05, 3.63) is 123 Å². The van der Waals surface area contributed by atoms with Crippen LogP contribution in [0.5, 0.6) is 0 Å². The minimum atomic E-state index is -1.21. The van der Waals surface area contributed by atoms with Crippen LogP contribution in [0.3, 0.4) is 0 Å². The van der Waals surface area contributed by atoms with Crippen LogP contribution >= 0.6 is 11.3 Å². The number of benzene rings is 3. The van der Waals surface area contributed by atoms with Gasteiger partial charge >= 0.3 is 5.97 Å². The molecule has 166 valence electrons. The molecule has 0 bridgehead atoms. The molecule has 0 unspecified atom stereocenters. The Labute approximate surface area is 203 Å². The van der Waals surface area contributed by atoms with Crippen LogP contribution in [0.2, 0.25) is 0 Å². The van der Waals surface area contributed by atoms with E-state index in [4.69, 9.17) is 5.26 Å². The summed E-state index contributed by atoms with van der Waals surface area (Å²) in [7, 11) is 0. The normalized spacial score (nSPS) is 11.0. The molecule has 4 rings (SSSR count). The lowest BCUT2D eigenvalue weighted by Crippen LogP contribution is -1.97. The molecule has 0 amide bonds. The Balaban J connectivity index is 1.71. The van der Waals surface area contributed by atoms with Gasteiger partial charge < -0.3 is 5.11 Å². The van der Waals surface area contributed by atoms with Crippen molar-refractivity contribution >= 4 is 35.0 Å². The molecule has 3 aromatic carbocycles. The van der Waals surface area contributed by atoms with Gasteiger partial charge in [0.05, 0.1) is 0 Å². The molecule has 0 saturated heterocycles. The molecule has 0 saturated carbocycles. The second-order valence-electron chi connectivity index (χ2n) is 7.93. The Morgan fingerprint density at radius 1 is 0.824 bits per heavy atom. The summed E-state index contributed by atoms with van der Waals surface area (Å²) in [6.45, 7) is 3.99. The number of aliphatic carboxylic acids is 1. The number of rotatable bonds is 6. The number of hydrogen-bond acceptors (Lipinski definition) is 3. The summed E-state index contributed by atoms with van der Waals surface area (Å²) in [6.07, 6.45) is 3.66. The van der Waals surface area contributed by atoms with Crippen LogP contribution in [0, 0.1) is 25.2 Å². The third-order valence-corrected chi connectivity index (χ3v) is 7.15. The average Bonchev–Trinajstić information content (AvgIpc) is 3.15. The van der Waals surface area contributed by atoms with Crippen LogP contribution in [0.4, 0.5) is 0 Å². The molecule has 4 aromatic rings. The third kappa shape index (κ3) is 4.91. The monoisotopic (exact) mass is 461 g/mol. The van der Waals surface area contributed by atoms with Crippen LogP contribution in [-0.4, -0.2) is 11.1 Å². The van der Waals surface area contributed by atoms with E-state index in [0.717, 1.165) is 48.7 Å². The average molecular weight is 462 g/mol. The van der Waals surface area contributed by atoms with Gasteiger partial charge in [-0.15, -0.1) is 11.3 Å². The summed E-state index contributed by atoms with van der Waals surface area (Å²) in [5, 5.41) is 18.3. The predicted octanol–water partition coefficient (Wildman–Crippen LogP) is 7.61. The molecule has 4 heteroatoms. The fourth-order valence-corrected chi connectivity index (χ4v) is 5.03. The zero-order valence-electron chi connectivity index (χ0n) is 18.9. The standard InChI is InChI=1S/C30H23NO2S/c1-20-21(2)29(34-28(20)18-26(19-31)30(32)33)25-15-13-22(14-16-25)17-27(23-9-5-3-6-10-23)24-11-7-4-8-12-24/h3-18H,1-2H3,(H,32,33)/b26-18-. The quantitative estimate of drug-likeness (QED) is 0.183. The van der Waals surface area contributed by atoms with Crippen LogP contribution in [0.1, 0.15) is 32.7 Å². The van der Waals surface area contributed by atoms with Crippen molar-refractivity contribution in [3.63, 3.8) is 0 Å². The van der Waals surface area contributed by atoms with Crippen LogP contribution in [-0.2, 0) is 4.79 Å². The van der Waals surface area contributed by atoms with Gasteiger partial charge in [0.1, 0.15) is 11.6 Å². The van der Waals surface area contributed by atoms with Gasteiger partial charge in [0, 0.05) is 9.75 Å². The molecule has 0 aliphatic carbocycles. The first-order chi connectivity index (χ1) is 16.5. The van der Waals surface area contributed by atoms with Crippen molar-refractivity contribution in [2.75, 3.05) is 0 Å². The first-order valence-electron chi connectivity index (χ1n) is 10.9. The van der Waals surface area contributed by atoms with Gasteiger partial charge in [-0.1, -0.05) is 84.9 Å². The topological polar surface area (TPSA) is 61.1 Å². The lowest BCUT2D eigenvalue weighted by Gasteiger charge is -2.09. The van der Waals surface area contributed by atoms with E-state index in [1.807, 2.05) is 50.2 Å². The highest BCUT2D eigenvalue weighted by atomic mass is 32.1. The molecule has 3 nitrogen and oxygen atoms in total. The van der Waals surface area contributed by atoms with Crippen molar-refractivity contribution in [2.24, 2.45) is 0 Å². The van der Waals surface area contributed by atoms with Gasteiger partial charge in [0.2, 0.25) is 0 Å². The molecule has 0 spiro atoms. The maximum atomic E-state index is 11.2. The Morgan fingerprint density at radius 2 is 1.38 bits per heavy atom. The molecular formula is C30H23NO2S. The molecule has 1 heterocycles.